The van der Waals surface area contributed by atoms with E-state index >= 15 is 0 Å². The van der Waals surface area contributed by atoms with Crippen LogP contribution in [0.1, 0.15) is 30.4 Å². The smallest absolute Gasteiger partial charge is 0.326 e. The summed E-state index contributed by atoms with van der Waals surface area (Å²) in [4.78, 5) is 37.7. The number of amides is 2. The highest BCUT2D eigenvalue weighted by Gasteiger charge is 2.39. The molecule has 35 heavy (non-hydrogen) atoms. The summed E-state index contributed by atoms with van der Waals surface area (Å²) in [6.45, 7) is 4.00. The minimum atomic E-state index is -4.28. The maximum Gasteiger partial charge on any atom is 0.326 e. The fourth-order valence-corrected chi connectivity index (χ4v) is 4.34. The lowest BCUT2D eigenvalue weighted by Crippen LogP contribution is -2.46. The highest BCUT2D eigenvalue weighted by atomic mass is 32.2. The van der Waals surface area contributed by atoms with E-state index in [0.29, 0.717) is 36.3 Å². The summed E-state index contributed by atoms with van der Waals surface area (Å²) in [7, 11) is -4.28. The van der Waals surface area contributed by atoms with Gasteiger partial charge in [0.05, 0.1) is 4.90 Å². The molecule has 2 aromatic rings. The standard InChI is InChI=1S/C24H27N3O7S/c1-15-7-3-4-8-19(15)26-20-14-22(28)27(23(20)29)21(24(30)31)9-5-6-12-25-18-11-10-17(13-16(18)2)35(32,33)34/h3-4,7-8,10-11,13-14,21,25-26H,5-6,9,12H2,1-2H3,(H,30,31)(H,32,33,34). The predicted octanol–water partition coefficient (Wildman–Crippen LogP) is 2.95. The van der Waals surface area contributed by atoms with Crippen LogP contribution in [0.5, 0.6) is 0 Å². The Morgan fingerprint density at radius 2 is 1.74 bits per heavy atom. The van der Waals surface area contributed by atoms with Gasteiger partial charge in [0.1, 0.15) is 11.7 Å². The number of aryl methyl sites for hydroxylation is 2. The number of carbonyl (C=O) groups excluding carboxylic acids is 2. The van der Waals surface area contributed by atoms with Crippen molar-refractivity contribution < 1.29 is 32.5 Å². The minimum absolute atomic E-state index is 0.0287. The predicted molar refractivity (Wildman–Crippen MR) is 129 cm³/mol. The number of anilines is 2. The Kier molecular flexibility index (Phi) is 7.92. The molecule has 10 nitrogen and oxygen atoms in total. The van der Waals surface area contributed by atoms with E-state index in [9.17, 15) is 27.9 Å². The molecular weight excluding hydrogens is 474 g/mol. The highest BCUT2D eigenvalue weighted by Crippen LogP contribution is 2.24. The second-order valence-electron chi connectivity index (χ2n) is 8.24. The number of nitrogens with one attached hydrogen (secondary N) is 2. The summed E-state index contributed by atoms with van der Waals surface area (Å²) < 4.78 is 31.6. The first-order valence-electron chi connectivity index (χ1n) is 11.0. The molecule has 0 saturated heterocycles. The summed E-state index contributed by atoms with van der Waals surface area (Å²) in [6.07, 6.45) is 2.16. The average Bonchev–Trinajstić information content (AvgIpc) is 3.05. The van der Waals surface area contributed by atoms with Crippen molar-refractivity contribution in [3.8, 4) is 0 Å². The van der Waals surface area contributed by atoms with E-state index in [-0.39, 0.29) is 17.0 Å². The summed E-state index contributed by atoms with van der Waals surface area (Å²) in [5, 5.41) is 15.7. The van der Waals surface area contributed by atoms with Gasteiger partial charge in [0.25, 0.3) is 21.9 Å². The maximum atomic E-state index is 12.8. The molecule has 186 valence electrons. The second-order valence-corrected chi connectivity index (χ2v) is 9.66. The molecule has 2 amide bonds. The molecule has 0 aliphatic carbocycles. The Morgan fingerprint density at radius 3 is 2.37 bits per heavy atom. The number of rotatable bonds is 11. The van der Waals surface area contributed by atoms with Crippen LogP contribution in [0.2, 0.25) is 0 Å². The topological polar surface area (TPSA) is 153 Å². The van der Waals surface area contributed by atoms with Gasteiger partial charge in [-0.3, -0.25) is 19.0 Å². The number of hydrogen-bond acceptors (Lipinski definition) is 7. The van der Waals surface area contributed by atoms with Gasteiger partial charge in [0.15, 0.2) is 0 Å². The minimum Gasteiger partial charge on any atom is -0.480 e. The maximum absolute atomic E-state index is 12.8. The molecule has 0 aromatic heterocycles. The van der Waals surface area contributed by atoms with Gasteiger partial charge in [0.2, 0.25) is 0 Å². The van der Waals surface area contributed by atoms with E-state index < -0.39 is 33.9 Å². The van der Waals surface area contributed by atoms with Crippen LogP contribution in [-0.2, 0) is 24.5 Å². The lowest BCUT2D eigenvalue weighted by molar-refractivity contribution is -0.153. The number of benzene rings is 2. The monoisotopic (exact) mass is 501 g/mol. The summed E-state index contributed by atoms with van der Waals surface area (Å²) in [5.41, 5.74) is 2.85. The van der Waals surface area contributed by atoms with Crippen LogP contribution in [0.25, 0.3) is 0 Å². The lowest BCUT2D eigenvalue weighted by Gasteiger charge is -2.23. The zero-order chi connectivity index (χ0) is 25.8. The SMILES string of the molecule is Cc1cc(S(=O)(=O)O)ccc1NCCCCC(C(=O)O)N1C(=O)C=C(Nc2ccccc2C)C1=O. The van der Waals surface area contributed by atoms with E-state index in [2.05, 4.69) is 10.6 Å². The van der Waals surface area contributed by atoms with Gasteiger partial charge < -0.3 is 15.7 Å². The van der Waals surface area contributed by atoms with Crippen molar-refractivity contribution in [2.24, 2.45) is 0 Å². The third-order valence-electron chi connectivity index (χ3n) is 5.68. The van der Waals surface area contributed by atoms with E-state index in [4.69, 9.17) is 4.55 Å². The molecule has 1 heterocycles. The van der Waals surface area contributed by atoms with E-state index in [1.54, 1.807) is 19.1 Å². The van der Waals surface area contributed by atoms with Gasteiger partial charge in [-0.15, -0.1) is 0 Å². The number of para-hydroxylation sites is 1. The number of carbonyl (C=O) groups is 3. The van der Waals surface area contributed by atoms with Crippen LogP contribution in [-0.4, -0.2) is 53.3 Å². The molecule has 0 fully saturated rings. The number of hydrogen-bond donors (Lipinski definition) is 4. The normalized spacial score (nSPS) is 14.6. The molecule has 1 atom stereocenters. The molecular formula is C24H27N3O7S. The van der Waals surface area contributed by atoms with Crippen LogP contribution < -0.4 is 10.6 Å². The molecule has 2 aromatic carbocycles. The van der Waals surface area contributed by atoms with Crippen LogP contribution in [0.15, 0.2) is 59.1 Å². The fraction of sp³-hybridized carbons (Fsp3) is 0.292. The molecule has 0 spiro atoms. The van der Waals surface area contributed by atoms with Gasteiger partial charge in [-0.25, -0.2) is 4.79 Å². The average molecular weight is 502 g/mol. The van der Waals surface area contributed by atoms with Crippen molar-refractivity contribution in [2.75, 3.05) is 17.2 Å². The van der Waals surface area contributed by atoms with E-state index in [0.717, 1.165) is 16.5 Å². The largest absolute Gasteiger partial charge is 0.480 e. The molecule has 1 aliphatic heterocycles. The molecule has 4 N–H and O–H groups in total. The Labute approximate surface area is 203 Å². The zero-order valence-electron chi connectivity index (χ0n) is 19.3. The third-order valence-corrected chi connectivity index (χ3v) is 6.53. The van der Waals surface area contributed by atoms with Gasteiger partial charge in [-0.05, 0) is 68.5 Å². The molecule has 0 radical (unpaired) electrons. The number of imide groups is 1. The van der Waals surface area contributed by atoms with Crippen molar-refractivity contribution >= 4 is 39.3 Å². The van der Waals surface area contributed by atoms with Crippen molar-refractivity contribution in [2.45, 2.75) is 44.0 Å². The van der Waals surface area contributed by atoms with Crippen LogP contribution in [0.3, 0.4) is 0 Å². The first kappa shape index (κ1) is 25.9. The van der Waals surface area contributed by atoms with Gasteiger partial charge in [-0.2, -0.15) is 8.42 Å². The van der Waals surface area contributed by atoms with Gasteiger partial charge in [-0.1, -0.05) is 18.2 Å². The number of carboxylic acids is 1. The van der Waals surface area contributed by atoms with Gasteiger partial charge >= 0.3 is 5.97 Å². The second kappa shape index (κ2) is 10.7. The summed E-state index contributed by atoms with van der Waals surface area (Å²) in [6, 6.07) is 10.1. The van der Waals surface area contributed by atoms with E-state index in [1.165, 1.54) is 18.2 Å². The number of unbranched alkanes of at least 4 members (excludes halogenated alkanes) is 1. The molecule has 11 heteroatoms. The fourth-order valence-electron chi connectivity index (χ4n) is 3.77. The van der Waals surface area contributed by atoms with Crippen LogP contribution >= 0.6 is 0 Å². The Bertz CT molecular complexity index is 1290. The van der Waals surface area contributed by atoms with E-state index in [1.807, 2.05) is 19.1 Å². The third kappa shape index (κ3) is 6.25. The van der Waals surface area contributed by atoms with Crippen molar-refractivity contribution in [3.63, 3.8) is 0 Å². The quantitative estimate of drug-likeness (QED) is 0.207. The van der Waals surface area contributed by atoms with Crippen molar-refractivity contribution in [3.05, 3.63) is 65.4 Å². The molecule has 1 unspecified atom stereocenters. The Morgan fingerprint density at radius 1 is 1.03 bits per heavy atom. The molecule has 3 rings (SSSR count). The summed E-state index contributed by atoms with van der Waals surface area (Å²) in [5.74, 6) is -2.62. The number of aliphatic carboxylic acids is 1. The highest BCUT2D eigenvalue weighted by molar-refractivity contribution is 7.85. The number of carboxylic acid groups (broad SMARTS) is 1. The van der Waals surface area contributed by atoms with Crippen molar-refractivity contribution in [1.29, 1.82) is 0 Å². The van der Waals surface area contributed by atoms with Crippen molar-refractivity contribution in [1.82, 2.24) is 4.90 Å². The number of nitrogens with zero attached hydrogens (tertiary/aromatic N) is 1. The summed E-state index contributed by atoms with van der Waals surface area (Å²) >= 11 is 0. The zero-order valence-corrected chi connectivity index (χ0v) is 20.1. The first-order valence-corrected chi connectivity index (χ1v) is 12.4. The van der Waals surface area contributed by atoms with Gasteiger partial charge in [0, 0.05) is 24.0 Å². The lowest BCUT2D eigenvalue weighted by atomic mass is 10.1. The Hall–Kier alpha value is -3.70. The molecule has 1 aliphatic rings. The first-order chi connectivity index (χ1) is 16.5. The van der Waals surface area contributed by atoms with Crippen LogP contribution in [0.4, 0.5) is 11.4 Å². The molecule has 0 bridgehead atoms. The molecule has 0 saturated carbocycles. The Balaban J connectivity index is 1.55. The van der Waals surface area contributed by atoms with Crippen LogP contribution in [0, 0.1) is 13.8 Å².